The number of ether oxygens (including phenoxy) is 1. The molecule has 0 bridgehead atoms. The summed E-state index contributed by atoms with van der Waals surface area (Å²) < 4.78 is 5.36. The normalized spacial score (nSPS) is 27.8. The Bertz CT molecular complexity index is 411. The highest BCUT2D eigenvalue weighted by Crippen LogP contribution is 2.22. The molecule has 0 aromatic carbocycles. The molecule has 0 aliphatic carbocycles. The van der Waals surface area contributed by atoms with E-state index in [1.54, 1.807) is 0 Å². The third kappa shape index (κ3) is 3.32. The number of nitrogens with zero attached hydrogens (tertiary/aromatic N) is 2. The van der Waals surface area contributed by atoms with E-state index in [0.29, 0.717) is 6.29 Å². The lowest BCUT2D eigenvalue weighted by molar-refractivity contribution is -0.104. The van der Waals surface area contributed by atoms with Gasteiger partial charge < -0.3 is 25.1 Å². The fourth-order valence-electron chi connectivity index (χ4n) is 1.71. The van der Waals surface area contributed by atoms with Crippen LogP contribution in [-0.4, -0.2) is 72.3 Å². The first-order valence-electron chi connectivity index (χ1n) is 5.78. The van der Waals surface area contributed by atoms with Gasteiger partial charge >= 0.3 is 6.03 Å². The molecular weight excluding hydrogens is 270 g/mol. The first-order valence-corrected chi connectivity index (χ1v) is 5.78. The van der Waals surface area contributed by atoms with Gasteiger partial charge in [-0.1, -0.05) is 5.16 Å². The fraction of sp³-hybridized carbons (Fsp3) is 0.545. The maximum atomic E-state index is 11.8. The Balaban J connectivity index is 3.09. The predicted octanol–water partition coefficient (Wildman–Crippen LogP) is -1.58. The van der Waals surface area contributed by atoms with E-state index < -0.39 is 31.1 Å². The van der Waals surface area contributed by atoms with E-state index in [-0.39, 0.29) is 5.71 Å². The van der Waals surface area contributed by atoms with E-state index >= 15 is 0 Å². The van der Waals surface area contributed by atoms with Gasteiger partial charge in [0.1, 0.15) is 31.3 Å². The zero-order valence-electron chi connectivity index (χ0n) is 11.1. The second-order valence-electron chi connectivity index (χ2n) is 3.79. The summed E-state index contributed by atoms with van der Waals surface area (Å²) in [7, 11) is 2.67. The van der Waals surface area contributed by atoms with Crippen LogP contribution < -0.4 is 5.32 Å². The molecule has 1 rings (SSSR count). The molecule has 3 N–H and O–H groups in total. The second-order valence-corrected chi connectivity index (χ2v) is 3.79. The Kier molecular flexibility index (Phi) is 6.10. The maximum Gasteiger partial charge on any atom is 0.323 e. The number of aliphatic hydroxyl groups is 2. The van der Waals surface area contributed by atoms with Gasteiger partial charge in [0, 0.05) is 13.2 Å². The minimum atomic E-state index is -1.22. The first-order chi connectivity index (χ1) is 9.60. The average molecular weight is 287 g/mol. The molecule has 1 heterocycles. The van der Waals surface area contributed by atoms with Crippen LogP contribution in [0.15, 0.2) is 17.4 Å². The lowest BCUT2D eigenvalue weighted by atomic mass is 10.1. The fourth-order valence-corrected chi connectivity index (χ4v) is 1.71. The lowest BCUT2D eigenvalue weighted by Crippen LogP contribution is -2.45. The third-order valence-electron chi connectivity index (χ3n) is 2.61. The number of urea groups is 1. The number of carbonyl (C=O) groups excluding carboxylic acids is 2. The minimum absolute atomic E-state index is 0.0192. The van der Waals surface area contributed by atoms with Crippen molar-refractivity contribution < 1.29 is 29.4 Å². The van der Waals surface area contributed by atoms with Crippen molar-refractivity contribution in [3.05, 3.63) is 12.3 Å². The number of aldehydes is 1. The largest absolute Gasteiger partial charge is 0.399 e. The first kappa shape index (κ1) is 16.1. The van der Waals surface area contributed by atoms with Crippen molar-refractivity contribution in [1.82, 2.24) is 10.2 Å². The smallest absolute Gasteiger partial charge is 0.323 e. The number of amides is 2. The highest BCUT2D eigenvalue weighted by molar-refractivity contribution is 5.97. The van der Waals surface area contributed by atoms with E-state index in [1.807, 2.05) is 0 Å². The van der Waals surface area contributed by atoms with E-state index in [1.165, 1.54) is 20.4 Å². The van der Waals surface area contributed by atoms with Crippen LogP contribution in [0.1, 0.15) is 0 Å². The molecule has 0 aromatic heterocycles. The Morgan fingerprint density at radius 3 is 2.85 bits per heavy atom. The summed E-state index contributed by atoms with van der Waals surface area (Å²) in [5.74, 6) is 0. The van der Waals surface area contributed by atoms with Crippen LogP contribution in [0.4, 0.5) is 4.79 Å². The van der Waals surface area contributed by atoms with Gasteiger partial charge in [-0.2, -0.15) is 0 Å². The number of nitrogens with one attached hydrogen (secondary N) is 1. The van der Waals surface area contributed by atoms with Crippen LogP contribution in [0.5, 0.6) is 0 Å². The second kappa shape index (κ2) is 7.58. The average Bonchev–Trinajstić information content (AvgIpc) is 2.76. The minimum Gasteiger partial charge on any atom is -0.399 e. The number of allylic oxidation sites excluding steroid dienone is 1. The summed E-state index contributed by atoms with van der Waals surface area (Å²) in [6.07, 6.45) is -0.501. The molecule has 0 saturated carbocycles. The molecule has 0 spiro atoms. The number of hydrogen-bond donors (Lipinski definition) is 3. The van der Waals surface area contributed by atoms with Gasteiger partial charge in [-0.15, -0.1) is 0 Å². The molecule has 1 aliphatic rings. The Morgan fingerprint density at radius 1 is 1.65 bits per heavy atom. The molecular formula is C11H17N3O6. The molecule has 1 fully saturated rings. The number of oxime groups is 1. The molecule has 3 atom stereocenters. The molecule has 20 heavy (non-hydrogen) atoms. The topological polar surface area (TPSA) is 121 Å². The van der Waals surface area contributed by atoms with Crippen molar-refractivity contribution in [1.29, 1.82) is 0 Å². The number of rotatable bonds is 5. The SMILES string of the molecule is CNC(=O)N(/C=C\C=O)[C@@H]1O[C@H](CO)[C@@H](O)/C1=N\OC. The molecule has 9 heteroatoms. The quantitative estimate of drug-likeness (QED) is 0.319. The van der Waals surface area contributed by atoms with Gasteiger partial charge in [0.2, 0.25) is 0 Å². The van der Waals surface area contributed by atoms with Gasteiger partial charge in [-0.3, -0.25) is 9.69 Å². The Hall–Kier alpha value is -1.97. The summed E-state index contributed by atoms with van der Waals surface area (Å²) in [6.45, 7) is -0.459. The van der Waals surface area contributed by atoms with Crippen molar-refractivity contribution in [3.8, 4) is 0 Å². The van der Waals surface area contributed by atoms with Crippen molar-refractivity contribution in [3.63, 3.8) is 0 Å². The zero-order valence-corrected chi connectivity index (χ0v) is 11.1. The Labute approximate surface area is 115 Å². The number of carbonyl (C=O) groups is 2. The van der Waals surface area contributed by atoms with Gasteiger partial charge in [0.25, 0.3) is 0 Å². The molecule has 0 aromatic rings. The standard InChI is InChI=1S/C11H17N3O6/c1-12-11(18)14(4-3-5-15)10-8(13-19-2)9(17)7(6-16)20-10/h3-5,7,9-10,16-17H,6H2,1-2H3,(H,12,18)/b4-3-,13-8+/t7-,9-,10-/m1/s1. The van der Waals surface area contributed by atoms with E-state index in [9.17, 15) is 14.7 Å². The van der Waals surface area contributed by atoms with E-state index in [2.05, 4.69) is 15.3 Å². The molecule has 112 valence electrons. The van der Waals surface area contributed by atoms with Crippen molar-refractivity contribution in [2.75, 3.05) is 20.8 Å². The van der Waals surface area contributed by atoms with Gasteiger partial charge in [-0.05, 0) is 6.08 Å². The van der Waals surface area contributed by atoms with Crippen LogP contribution in [0.2, 0.25) is 0 Å². The maximum absolute atomic E-state index is 11.8. The molecule has 0 radical (unpaired) electrons. The molecule has 9 nitrogen and oxygen atoms in total. The third-order valence-corrected chi connectivity index (χ3v) is 2.61. The molecule has 2 amide bonds. The van der Waals surface area contributed by atoms with E-state index in [4.69, 9.17) is 9.84 Å². The highest BCUT2D eigenvalue weighted by atomic mass is 16.6. The molecule has 1 saturated heterocycles. The summed E-state index contributed by atoms with van der Waals surface area (Å²) in [4.78, 5) is 27.8. The zero-order chi connectivity index (χ0) is 15.1. The van der Waals surface area contributed by atoms with Gasteiger partial charge in [0.05, 0.1) is 6.61 Å². The molecule has 1 aliphatic heterocycles. The molecule has 0 unspecified atom stereocenters. The number of hydrogen-bond acceptors (Lipinski definition) is 7. The Morgan fingerprint density at radius 2 is 2.35 bits per heavy atom. The van der Waals surface area contributed by atoms with Crippen LogP contribution >= 0.6 is 0 Å². The number of aliphatic hydroxyl groups excluding tert-OH is 2. The van der Waals surface area contributed by atoms with E-state index in [0.717, 1.165) is 11.0 Å². The van der Waals surface area contributed by atoms with Gasteiger partial charge in [0.15, 0.2) is 6.23 Å². The van der Waals surface area contributed by atoms with Crippen molar-refractivity contribution in [2.24, 2.45) is 5.16 Å². The monoisotopic (exact) mass is 287 g/mol. The van der Waals surface area contributed by atoms with Crippen LogP contribution in [0, 0.1) is 0 Å². The van der Waals surface area contributed by atoms with Crippen LogP contribution in [0.3, 0.4) is 0 Å². The highest BCUT2D eigenvalue weighted by Gasteiger charge is 2.44. The summed E-state index contributed by atoms with van der Waals surface area (Å²) in [6, 6.07) is -0.581. The summed E-state index contributed by atoms with van der Waals surface area (Å²) in [5, 5.41) is 25.0. The summed E-state index contributed by atoms with van der Waals surface area (Å²) in [5.41, 5.74) is 0.0192. The van der Waals surface area contributed by atoms with Crippen LogP contribution in [0.25, 0.3) is 0 Å². The van der Waals surface area contributed by atoms with Crippen molar-refractivity contribution >= 4 is 18.0 Å². The van der Waals surface area contributed by atoms with Gasteiger partial charge in [-0.25, -0.2) is 4.79 Å². The predicted molar refractivity (Wildman–Crippen MR) is 67.7 cm³/mol. The van der Waals surface area contributed by atoms with Crippen LogP contribution in [-0.2, 0) is 14.4 Å². The summed E-state index contributed by atoms with van der Waals surface area (Å²) >= 11 is 0. The lowest BCUT2D eigenvalue weighted by Gasteiger charge is -2.24. The van der Waals surface area contributed by atoms with Crippen molar-refractivity contribution in [2.45, 2.75) is 18.4 Å².